The highest BCUT2D eigenvalue weighted by molar-refractivity contribution is 6.74. The Labute approximate surface area is 213 Å². The average molecular weight is 519 g/mol. The van der Waals surface area contributed by atoms with Gasteiger partial charge < -0.3 is 8.84 Å². The molecule has 1 unspecified atom stereocenters. The molecule has 3 aromatic rings. The van der Waals surface area contributed by atoms with E-state index in [1.54, 1.807) is 0 Å². The van der Waals surface area contributed by atoms with Gasteiger partial charge in [-0.2, -0.15) is 13.2 Å². The number of halogens is 3. The van der Waals surface area contributed by atoms with Gasteiger partial charge in [0.25, 0.3) is 0 Å². The predicted molar refractivity (Wildman–Crippen MR) is 139 cm³/mol. The zero-order valence-corrected chi connectivity index (χ0v) is 22.9. The number of hydrogen-bond acceptors (Lipinski definition) is 4. The summed E-state index contributed by atoms with van der Waals surface area (Å²) in [4.78, 5) is 8.48. The minimum Gasteiger partial charge on any atom is -0.436 e. The number of aromatic nitrogens is 2. The summed E-state index contributed by atoms with van der Waals surface area (Å²) in [6, 6.07) is 12.4. The molecule has 4 nitrogen and oxygen atoms in total. The van der Waals surface area contributed by atoms with Crippen LogP contribution in [0, 0.1) is 0 Å². The second-order valence-electron chi connectivity index (χ2n) is 10.8. The van der Waals surface area contributed by atoms with E-state index in [9.17, 15) is 13.2 Å². The van der Waals surface area contributed by atoms with Crippen molar-refractivity contribution in [2.45, 2.75) is 89.7 Å². The lowest BCUT2D eigenvalue weighted by atomic mass is 10.0. The molecule has 0 spiro atoms. The van der Waals surface area contributed by atoms with Gasteiger partial charge in [-0.1, -0.05) is 70.4 Å². The van der Waals surface area contributed by atoms with Crippen molar-refractivity contribution in [1.29, 1.82) is 0 Å². The second kappa shape index (κ2) is 11.7. The predicted octanol–water partition coefficient (Wildman–Crippen LogP) is 9.01. The lowest BCUT2D eigenvalue weighted by Gasteiger charge is -2.38. The van der Waals surface area contributed by atoms with Gasteiger partial charge in [-0.05, 0) is 55.1 Å². The number of rotatable bonds is 11. The van der Waals surface area contributed by atoms with Crippen molar-refractivity contribution in [3.05, 3.63) is 71.9 Å². The fraction of sp³-hybridized carbons (Fsp3) is 0.500. The fourth-order valence-electron chi connectivity index (χ4n) is 3.72. The van der Waals surface area contributed by atoms with Crippen molar-refractivity contribution < 1.29 is 22.0 Å². The van der Waals surface area contributed by atoms with Crippen LogP contribution in [0.15, 0.2) is 59.3 Å². The molecular weight excluding hydrogens is 481 g/mol. The van der Waals surface area contributed by atoms with Gasteiger partial charge in [0.05, 0.1) is 11.8 Å². The van der Waals surface area contributed by atoms with Crippen LogP contribution in [0.2, 0.25) is 18.1 Å². The first-order valence-electron chi connectivity index (χ1n) is 12.6. The molecule has 0 bridgehead atoms. The minimum atomic E-state index is -4.45. The summed E-state index contributed by atoms with van der Waals surface area (Å²) in [6.07, 6.45) is 3.86. The van der Waals surface area contributed by atoms with Crippen LogP contribution in [0.3, 0.4) is 0 Å². The van der Waals surface area contributed by atoms with E-state index in [1.165, 1.54) is 11.8 Å². The first-order chi connectivity index (χ1) is 16.9. The SMILES string of the molecule is CC(C)(C)[Si](C)(C)OC(CCCCCCc1ccccc1)c1ncc(-c2cc(C(F)(F)F)ccn2)o1. The molecule has 36 heavy (non-hydrogen) atoms. The van der Waals surface area contributed by atoms with Crippen molar-refractivity contribution in [1.82, 2.24) is 9.97 Å². The summed E-state index contributed by atoms with van der Waals surface area (Å²) in [5.74, 6) is 0.612. The van der Waals surface area contributed by atoms with E-state index in [4.69, 9.17) is 8.84 Å². The first-order valence-corrected chi connectivity index (χ1v) is 15.5. The van der Waals surface area contributed by atoms with E-state index in [2.05, 4.69) is 68.1 Å². The largest absolute Gasteiger partial charge is 0.436 e. The van der Waals surface area contributed by atoms with E-state index in [0.29, 0.717) is 5.89 Å². The fourth-order valence-corrected chi connectivity index (χ4v) is 5.00. The quantitative estimate of drug-likeness (QED) is 0.188. The number of pyridine rings is 1. The second-order valence-corrected chi connectivity index (χ2v) is 15.6. The Bertz CT molecular complexity index is 1090. The van der Waals surface area contributed by atoms with E-state index in [-0.39, 0.29) is 22.6 Å². The van der Waals surface area contributed by atoms with E-state index in [0.717, 1.165) is 56.9 Å². The van der Waals surface area contributed by atoms with Crippen LogP contribution >= 0.6 is 0 Å². The molecule has 0 aliphatic heterocycles. The molecule has 0 N–H and O–H groups in total. The van der Waals surface area contributed by atoms with E-state index < -0.39 is 20.1 Å². The molecule has 0 saturated heterocycles. The number of aryl methyl sites for hydroxylation is 1. The Morgan fingerprint density at radius 1 is 0.944 bits per heavy atom. The topological polar surface area (TPSA) is 48.2 Å². The van der Waals surface area contributed by atoms with Crippen LogP contribution in [0.1, 0.15) is 76.0 Å². The third-order valence-electron chi connectivity index (χ3n) is 6.91. The van der Waals surface area contributed by atoms with Gasteiger partial charge in [-0.25, -0.2) is 4.98 Å². The minimum absolute atomic E-state index is 0.00104. The number of benzene rings is 1. The van der Waals surface area contributed by atoms with Gasteiger partial charge in [-0.15, -0.1) is 0 Å². The molecule has 3 rings (SSSR count). The van der Waals surface area contributed by atoms with Gasteiger partial charge >= 0.3 is 6.18 Å². The van der Waals surface area contributed by atoms with Gasteiger partial charge in [0, 0.05) is 6.20 Å². The molecule has 0 radical (unpaired) electrons. The molecule has 196 valence electrons. The summed E-state index contributed by atoms with van der Waals surface area (Å²) < 4.78 is 52.1. The molecule has 0 fully saturated rings. The van der Waals surface area contributed by atoms with Gasteiger partial charge in [0.15, 0.2) is 14.1 Å². The third-order valence-corrected chi connectivity index (χ3v) is 11.4. The smallest absolute Gasteiger partial charge is 0.416 e. The normalized spacial score (nSPS) is 13.7. The summed E-state index contributed by atoms with van der Waals surface area (Å²) >= 11 is 0. The van der Waals surface area contributed by atoms with Gasteiger partial charge in [-0.3, -0.25) is 4.98 Å². The van der Waals surface area contributed by atoms with Crippen LogP contribution in [0.5, 0.6) is 0 Å². The summed E-state index contributed by atoms with van der Waals surface area (Å²) in [5, 5.41) is -0.00104. The highest BCUT2D eigenvalue weighted by atomic mass is 28.4. The Kier molecular flexibility index (Phi) is 9.16. The number of alkyl halides is 3. The summed E-state index contributed by atoms with van der Waals surface area (Å²) in [7, 11) is -2.14. The van der Waals surface area contributed by atoms with Crippen molar-refractivity contribution in [3.63, 3.8) is 0 Å². The van der Waals surface area contributed by atoms with Crippen LogP contribution in [0.4, 0.5) is 13.2 Å². The molecular formula is C28H37F3N2O2Si. The lowest BCUT2D eigenvalue weighted by Crippen LogP contribution is -2.41. The van der Waals surface area contributed by atoms with Crippen molar-refractivity contribution in [3.8, 4) is 11.5 Å². The maximum absolute atomic E-state index is 13.1. The highest BCUT2D eigenvalue weighted by Crippen LogP contribution is 2.41. The van der Waals surface area contributed by atoms with Crippen molar-refractivity contribution >= 4 is 8.32 Å². The van der Waals surface area contributed by atoms with Crippen LogP contribution in [-0.4, -0.2) is 18.3 Å². The maximum atomic E-state index is 13.1. The molecule has 0 aliphatic carbocycles. The molecule has 2 heterocycles. The van der Waals surface area contributed by atoms with Crippen LogP contribution < -0.4 is 0 Å². The van der Waals surface area contributed by atoms with Crippen LogP contribution in [-0.2, 0) is 17.0 Å². The molecule has 8 heteroatoms. The van der Waals surface area contributed by atoms with Gasteiger partial charge in [0.1, 0.15) is 11.8 Å². The summed E-state index contributed by atoms with van der Waals surface area (Å²) in [6.45, 7) is 10.9. The van der Waals surface area contributed by atoms with Crippen molar-refractivity contribution in [2.75, 3.05) is 0 Å². The lowest BCUT2D eigenvalue weighted by molar-refractivity contribution is -0.137. The number of nitrogens with zero attached hydrogens (tertiary/aromatic N) is 2. The Hall–Kier alpha value is -2.45. The highest BCUT2D eigenvalue weighted by Gasteiger charge is 2.40. The van der Waals surface area contributed by atoms with E-state index in [1.807, 2.05) is 6.07 Å². The molecule has 0 amide bonds. The Morgan fingerprint density at radius 2 is 1.64 bits per heavy atom. The average Bonchev–Trinajstić information content (AvgIpc) is 3.30. The van der Waals surface area contributed by atoms with Crippen molar-refractivity contribution in [2.24, 2.45) is 0 Å². The standard InChI is InChI=1S/C28H37F3N2O2Si/c1-27(2,3)36(4,5)35-24(16-12-7-6-9-13-21-14-10-8-11-15-21)26-33-20-25(34-26)23-19-22(17-18-32-23)28(29,30)31/h8,10-11,14-15,17-20,24H,6-7,9,12-13,16H2,1-5H3. The number of hydrogen-bond donors (Lipinski definition) is 0. The third kappa shape index (κ3) is 7.77. The number of oxazole rings is 1. The Morgan fingerprint density at radius 3 is 2.31 bits per heavy atom. The van der Waals surface area contributed by atoms with Gasteiger partial charge in [0.2, 0.25) is 5.89 Å². The molecule has 0 saturated carbocycles. The van der Waals surface area contributed by atoms with E-state index >= 15 is 0 Å². The zero-order chi connectivity index (χ0) is 26.4. The maximum Gasteiger partial charge on any atom is 0.416 e. The zero-order valence-electron chi connectivity index (χ0n) is 21.9. The van der Waals surface area contributed by atoms with Crippen LogP contribution in [0.25, 0.3) is 11.5 Å². The summed E-state index contributed by atoms with van der Waals surface area (Å²) in [5.41, 5.74) is 0.692. The monoisotopic (exact) mass is 518 g/mol. The molecule has 1 atom stereocenters. The Balaban J connectivity index is 1.68. The molecule has 2 aromatic heterocycles. The number of unbranched alkanes of at least 4 members (excludes halogenated alkanes) is 3. The molecule has 1 aromatic carbocycles. The molecule has 0 aliphatic rings. The first kappa shape index (κ1) is 28.1.